The lowest BCUT2D eigenvalue weighted by Gasteiger charge is -2.24. The summed E-state index contributed by atoms with van der Waals surface area (Å²) >= 11 is 5.98. The molecule has 6 heteroatoms. The Morgan fingerprint density at radius 3 is 2.80 bits per heavy atom. The maximum Gasteiger partial charge on any atom is 0.254 e. The third-order valence-electron chi connectivity index (χ3n) is 4.28. The summed E-state index contributed by atoms with van der Waals surface area (Å²) in [7, 11) is 1.86. The lowest BCUT2D eigenvalue weighted by Crippen LogP contribution is -2.38. The van der Waals surface area contributed by atoms with Gasteiger partial charge in [0.2, 0.25) is 0 Å². The Balaban J connectivity index is 0.00000225. The van der Waals surface area contributed by atoms with Crippen LogP contribution < -0.4 is 10.1 Å². The molecule has 1 saturated heterocycles. The van der Waals surface area contributed by atoms with Crippen LogP contribution in [-0.4, -0.2) is 37.0 Å². The number of carbonyl (C=O) groups excluding carboxylic acids is 1. The fraction of sp³-hybridized carbons (Fsp3) is 0.316. The van der Waals surface area contributed by atoms with Crippen molar-refractivity contribution in [1.29, 1.82) is 0 Å². The van der Waals surface area contributed by atoms with E-state index in [1.54, 1.807) is 6.07 Å². The molecule has 0 aliphatic carbocycles. The summed E-state index contributed by atoms with van der Waals surface area (Å²) in [6.07, 6.45) is 0.993. The summed E-state index contributed by atoms with van der Waals surface area (Å²) in [5, 5.41) is 3.97. The third-order valence-corrected chi connectivity index (χ3v) is 4.51. The summed E-state index contributed by atoms with van der Waals surface area (Å²) in [4.78, 5) is 14.4. The van der Waals surface area contributed by atoms with Crippen LogP contribution in [0.25, 0.3) is 0 Å². The first-order valence-electron chi connectivity index (χ1n) is 8.08. The second kappa shape index (κ2) is 9.09. The van der Waals surface area contributed by atoms with Gasteiger partial charge in [-0.05, 0) is 48.9 Å². The number of benzene rings is 2. The second-order valence-electron chi connectivity index (χ2n) is 6.01. The highest BCUT2D eigenvalue weighted by atomic mass is 35.5. The van der Waals surface area contributed by atoms with E-state index in [4.69, 9.17) is 16.3 Å². The van der Waals surface area contributed by atoms with Gasteiger partial charge in [-0.15, -0.1) is 12.4 Å². The van der Waals surface area contributed by atoms with Crippen LogP contribution in [0.4, 0.5) is 0 Å². The van der Waals surface area contributed by atoms with Crippen molar-refractivity contribution in [3.8, 4) is 5.75 Å². The van der Waals surface area contributed by atoms with Crippen molar-refractivity contribution in [2.45, 2.75) is 19.1 Å². The molecule has 1 unspecified atom stereocenters. The van der Waals surface area contributed by atoms with Crippen LogP contribution in [0.3, 0.4) is 0 Å². The number of rotatable bonds is 5. The average molecular weight is 381 g/mol. The van der Waals surface area contributed by atoms with Crippen LogP contribution in [0.2, 0.25) is 5.02 Å². The Morgan fingerprint density at radius 2 is 2.08 bits per heavy atom. The minimum absolute atomic E-state index is 0. The zero-order valence-corrected chi connectivity index (χ0v) is 15.6. The van der Waals surface area contributed by atoms with Gasteiger partial charge in [0, 0.05) is 30.2 Å². The van der Waals surface area contributed by atoms with Crippen molar-refractivity contribution in [2.24, 2.45) is 0 Å². The minimum Gasteiger partial charge on any atom is -0.489 e. The Bertz CT molecular complexity index is 718. The van der Waals surface area contributed by atoms with Crippen molar-refractivity contribution in [1.82, 2.24) is 10.2 Å². The molecule has 3 rings (SSSR count). The Labute approximate surface area is 159 Å². The van der Waals surface area contributed by atoms with Gasteiger partial charge in [0.25, 0.3) is 5.91 Å². The zero-order chi connectivity index (χ0) is 16.9. The van der Waals surface area contributed by atoms with Crippen LogP contribution in [-0.2, 0) is 6.61 Å². The standard InChI is InChI=1S/C19H21ClN2O2.ClH/c1-22(17-8-9-21-12-17)19(23)15-5-3-7-18(11-15)24-13-14-4-2-6-16(20)10-14;/h2-7,10-11,17,21H,8-9,12-13H2,1H3;1H. The van der Waals surface area contributed by atoms with Gasteiger partial charge in [-0.1, -0.05) is 29.8 Å². The molecule has 1 fully saturated rings. The first-order chi connectivity index (χ1) is 11.6. The van der Waals surface area contributed by atoms with Crippen molar-refractivity contribution in [3.63, 3.8) is 0 Å². The molecular weight excluding hydrogens is 359 g/mol. The maximum atomic E-state index is 12.6. The van der Waals surface area contributed by atoms with Gasteiger partial charge in [-0.25, -0.2) is 0 Å². The molecule has 0 saturated carbocycles. The molecular formula is C19H22Cl2N2O2. The van der Waals surface area contributed by atoms with E-state index in [0.29, 0.717) is 22.9 Å². The number of carbonyl (C=O) groups is 1. The molecule has 0 radical (unpaired) electrons. The Kier molecular flexibility index (Phi) is 7.12. The molecule has 2 aromatic rings. The largest absolute Gasteiger partial charge is 0.489 e. The highest BCUT2D eigenvalue weighted by molar-refractivity contribution is 6.30. The molecule has 1 heterocycles. The van der Waals surface area contributed by atoms with E-state index in [-0.39, 0.29) is 24.4 Å². The average Bonchev–Trinajstić information content (AvgIpc) is 3.14. The quantitative estimate of drug-likeness (QED) is 0.857. The molecule has 0 spiro atoms. The van der Waals surface area contributed by atoms with Crippen LogP contribution in [0, 0.1) is 0 Å². The van der Waals surface area contributed by atoms with Crippen molar-refractivity contribution >= 4 is 29.9 Å². The molecule has 4 nitrogen and oxygen atoms in total. The fourth-order valence-electron chi connectivity index (χ4n) is 2.85. The second-order valence-corrected chi connectivity index (χ2v) is 6.45. The fourth-order valence-corrected chi connectivity index (χ4v) is 3.06. The molecule has 1 aliphatic rings. The van der Waals surface area contributed by atoms with Gasteiger partial charge in [0.15, 0.2) is 0 Å². The van der Waals surface area contributed by atoms with Gasteiger partial charge in [-0.2, -0.15) is 0 Å². The molecule has 0 aromatic heterocycles. The number of hydrogen-bond donors (Lipinski definition) is 1. The van der Waals surface area contributed by atoms with Gasteiger partial charge >= 0.3 is 0 Å². The van der Waals surface area contributed by atoms with Crippen LogP contribution >= 0.6 is 24.0 Å². The van der Waals surface area contributed by atoms with E-state index in [1.165, 1.54) is 0 Å². The van der Waals surface area contributed by atoms with E-state index < -0.39 is 0 Å². The smallest absolute Gasteiger partial charge is 0.254 e. The van der Waals surface area contributed by atoms with E-state index in [1.807, 2.05) is 54.4 Å². The van der Waals surface area contributed by atoms with E-state index in [0.717, 1.165) is 25.1 Å². The monoisotopic (exact) mass is 380 g/mol. The first-order valence-corrected chi connectivity index (χ1v) is 8.46. The van der Waals surface area contributed by atoms with Gasteiger partial charge in [-0.3, -0.25) is 4.79 Å². The predicted octanol–water partition coefficient (Wildman–Crippen LogP) is 3.77. The van der Waals surface area contributed by atoms with Gasteiger partial charge < -0.3 is 15.0 Å². The molecule has 25 heavy (non-hydrogen) atoms. The maximum absolute atomic E-state index is 12.6. The van der Waals surface area contributed by atoms with E-state index in [2.05, 4.69) is 5.32 Å². The highest BCUT2D eigenvalue weighted by Crippen LogP contribution is 2.19. The van der Waals surface area contributed by atoms with Crippen LogP contribution in [0.1, 0.15) is 22.3 Å². The van der Waals surface area contributed by atoms with Crippen molar-refractivity contribution in [2.75, 3.05) is 20.1 Å². The number of ether oxygens (including phenoxy) is 1. The Morgan fingerprint density at radius 1 is 1.28 bits per heavy atom. The molecule has 1 N–H and O–H groups in total. The van der Waals surface area contributed by atoms with Gasteiger partial charge in [0.05, 0.1) is 0 Å². The summed E-state index contributed by atoms with van der Waals surface area (Å²) < 4.78 is 5.80. The lowest BCUT2D eigenvalue weighted by atomic mass is 10.1. The lowest BCUT2D eigenvalue weighted by molar-refractivity contribution is 0.0743. The summed E-state index contributed by atoms with van der Waals surface area (Å²) in [6, 6.07) is 15.1. The predicted molar refractivity (Wildman–Crippen MR) is 103 cm³/mol. The number of nitrogens with one attached hydrogen (secondary N) is 1. The molecule has 1 aliphatic heterocycles. The number of nitrogens with zero attached hydrogens (tertiary/aromatic N) is 1. The van der Waals surface area contributed by atoms with E-state index >= 15 is 0 Å². The van der Waals surface area contributed by atoms with Crippen molar-refractivity contribution < 1.29 is 9.53 Å². The number of likely N-dealkylation sites (N-methyl/N-ethyl adjacent to an activating group) is 1. The van der Waals surface area contributed by atoms with Crippen LogP contribution in [0.5, 0.6) is 5.75 Å². The summed E-state index contributed by atoms with van der Waals surface area (Å²) in [6.45, 7) is 2.23. The topological polar surface area (TPSA) is 41.6 Å². The number of amides is 1. The zero-order valence-electron chi connectivity index (χ0n) is 14.1. The molecule has 134 valence electrons. The molecule has 1 amide bonds. The first kappa shape index (κ1) is 19.6. The van der Waals surface area contributed by atoms with E-state index in [9.17, 15) is 4.79 Å². The minimum atomic E-state index is 0. The Hall–Kier alpha value is -1.75. The molecule has 0 bridgehead atoms. The number of hydrogen-bond acceptors (Lipinski definition) is 3. The normalized spacial score (nSPS) is 16.2. The number of halogens is 2. The van der Waals surface area contributed by atoms with Crippen LogP contribution in [0.15, 0.2) is 48.5 Å². The van der Waals surface area contributed by atoms with Gasteiger partial charge in [0.1, 0.15) is 12.4 Å². The SMILES string of the molecule is CN(C(=O)c1cccc(OCc2cccc(Cl)c2)c1)C1CCNC1.Cl. The highest BCUT2D eigenvalue weighted by Gasteiger charge is 2.24. The molecule has 1 atom stereocenters. The molecule has 2 aromatic carbocycles. The summed E-state index contributed by atoms with van der Waals surface area (Å²) in [5.74, 6) is 0.704. The van der Waals surface area contributed by atoms with Crippen molar-refractivity contribution in [3.05, 3.63) is 64.7 Å². The third kappa shape index (κ3) is 5.11. The summed E-state index contributed by atoms with van der Waals surface area (Å²) in [5.41, 5.74) is 1.64.